The fourth-order valence-electron chi connectivity index (χ4n) is 3.49. The van der Waals surface area contributed by atoms with E-state index in [1.165, 1.54) is 25.0 Å². The van der Waals surface area contributed by atoms with Gasteiger partial charge in [-0.2, -0.15) is 0 Å². The van der Waals surface area contributed by atoms with E-state index >= 15 is 0 Å². The molecule has 0 amide bonds. The third-order valence-electron chi connectivity index (χ3n) is 4.55. The van der Waals surface area contributed by atoms with Crippen LogP contribution in [0.15, 0.2) is 18.2 Å². The van der Waals surface area contributed by atoms with Gasteiger partial charge in [0.15, 0.2) is 0 Å². The summed E-state index contributed by atoms with van der Waals surface area (Å²) in [6, 6.07) is 5.21. The summed E-state index contributed by atoms with van der Waals surface area (Å²) in [4.78, 5) is 4.57. The minimum Gasteiger partial charge on any atom is -0.323 e. The summed E-state index contributed by atoms with van der Waals surface area (Å²) in [5, 5.41) is -0.179. The Bertz CT molecular complexity index is 645. The predicted octanol–water partition coefficient (Wildman–Crippen LogP) is 5.23. The smallest absolute Gasteiger partial charge is 0.127 e. The molecule has 1 saturated carbocycles. The summed E-state index contributed by atoms with van der Waals surface area (Å²) in [7, 11) is 0. The summed E-state index contributed by atoms with van der Waals surface area (Å²) in [5.41, 5.74) is 1.92. The third-order valence-corrected chi connectivity index (χ3v) is 4.74. The fraction of sp³-hybridized carbons (Fsp3) is 0.562. The molecule has 0 saturated heterocycles. The Morgan fingerprint density at radius 1 is 1.45 bits per heavy atom. The number of nitrogens with zero attached hydrogens (tertiary/aromatic N) is 2. The van der Waals surface area contributed by atoms with Crippen molar-refractivity contribution in [1.82, 2.24) is 9.55 Å². The topological polar surface area (TPSA) is 17.8 Å². The Hall–Kier alpha value is -1.09. The number of hydrogen-bond donors (Lipinski definition) is 0. The Balaban J connectivity index is 2.24. The highest BCUT2D eigenvalue weighted by Crippen LogP contribution is 2.48. The van der Waals surface area contributed by atoms with Gasteiger partial charge in [-0.15, -0.1) is 11.6 Å². The summed E-state index contributed by atoms with van der Waals surface area (Å²) in [6.45, 7) is 6.52. The second-order valence-corrected chi connectivity index (χ2v) is 7.14. The van der Waals surface area contributed by atoms with E-state index in [4.69, 9.17) is 11.6 Å². The molecular weight excluding hydrogens is 275 g/mol. The van der Waals surface area contributed by atoms with Crippen LogP contribution in [0.2, 0.25) is 0 Å². The molecule has 1 aliphatic rings. The van der Waals surface area contributed by atoms with Gasteiger partial charge in [-0.25, -0.2) is 9.37 Å². The van der Waals surface area contributed by atoms with Crippen molar-refractivity contribution in [3.05, 3.63) is 29.8 Å². The van der Waals surface area contributed by atoms with Crippen LogP contribution in [0.5, 0.6) is 0 Å². The normalized spacial score (nSPS) is 23.4. The molecule has 1 fully saturated rings. The zero-order valence-corrected chi connectivity index (χ0v) is 12.9. The van der Waals surface area contributed by atoms with Crippen LogP contribution >= 0.6 is 11.6 Å². The Morgan fingerprint density at radius 2 is 2.20 bits per heavy atom. The highest BCUT2D eigenvalue weighted by atomic mass is 35.5. The maximum Gasteiger partial charge on any atom is 0.127 e. The number of imidazole rings is 1. The van der Waals surface area contributed by atoms with Crippen molar-refractivity contribution >= 4 is 22.6 Å². The lowest BCUT2D eigenvalue weighted by molar-refractivity contribution is 0.261. The van der Waals surface area contributed by atoms with Gasteiger partial charge in [-0.1, -0.05) is 20.3 Å². The Kier molecular flexibility index (Phi) is 3.28. The summed E-state index contributed by atoms with van der Waals surface area (Å²) < 4.78 is 15.7. The number of fused-ring (bicyclic) bond motifs is 1. The first kappa shape index (κ1) is 13.9. The highest BCUT2D eigenvalue weighted by Gasteiger charge is 2.38. The van der Waals surface area contributed by atoms with Crippen molar-refractivity contribution in [2.45, 2.75) is 51.5 Å². The maximum atomic E-state index is 13.4. The largest absolute Gasteiger partial charge is 0.323 e. The molecule has 2 aromatic rings. The van der Waals surface area contributed by atoms with Gasteiger partial charge in [0.1, 0.15) is 11.6 Å². The monoisotopic (exact) mass is 294 g/mol. The number of alkyl halides is 1. The first-order chi connectivity index (χ1) is 9.40. The average Bonchev–Trinajstić information content (AvgIpc) is 2.88. The van der Waals surface area contributed by atoms with E-state index in [1.54, 1.807) is 0 Å². The van der Waals surface area contributed by atoms with Crippen LogP contribution in [0, 0.1) is 11.2 Å². The van der Waals surface area contributed by atoms with E-state index < -0.39 is 0 Å². The highest BCUT2D eigenvalue weighted by molar-refractivity contribution is 6.20. The molecule has 2 unspecified atom stereocenters. The van der Waals surface area contributed by atoms with Crippen molar-refractivity contribution in [2.75, 3.05) is 0 Å². The number of aromatic nitrogens is 2. The second kappa shape index (κ2) is 4.73. The van der Waals surface area contributed by atoms with Gasteiger partial charge >= 0.3 is 0 Å². The van der Waals surface area contributed by atoms with E-state index in [9.17, 15) is 4.39 Å². The van der Waals surface area contributed by atoms with Gasteiger partial charge in [-0.05, 0) is 37.3 Å². The molecule has 4 heteroatoms. The van der Waals surface area contributed by atoms with E-state index in [1.807, 2.05) is 13.0 Å². The van der Waals surface area contributed by atoms with Crippen molar-refractivity contribution < 1.29 is 4.39 Å². The van der Waals surface area contributed by atoms with Crippen molar-refractivity contribution in [2.24, 2.45) is 5.41 Å². The maximum absolute atomic E-state index is 13.4. The fourth-order valence-corrected chi connectivity index (χ4v) is 3.64. The van der Waals surface area contributed by atoms with Gasteiger partial charge in [0, 0.05) is 12.1 Å². The van der Waals surface area contributed by atoms with E-state index in [2.05, 4.69) is 23.4 Å². The lowest BCUT2D eigenvalue weighted by Gasteiger charge is -2.30. The lowest BCUT2D eigenvalue weighted by Crippen LogP contribution is -2.23. The molecule has 0 aliphatic heterocycles. The molecule has 1 heterocycles. The minimum absolute atomic E-state index is 0.179. The second-order valence-electron chi connectivity index (χ2n) is 6.49. The van der Waals surface area contributed by atoms with Crippen LogP contribution in [0.4, 0.5) is 4.39 Å². The predicted molar refractivity (Wildman–Crippen MR) is 80.6 cm³/mol. The van der Waals surface area contributed by atoms with Crippen LogP contribution < -0.4 is 0 Å². The standard InChI is InChI=1S/C16H20ClFN2/c1-10(17)15-19-12-9-11(18)6-7-13(12)20(15)14-5-4-8-16(14,2)3/h6-7,9-10,14H,4-5,8H2,1-3H3. The molecule has 108 valence electrons. The van der Waals surface area contributed by atoms with Crippen LogP contribution in [0.3, 0.4) is 0 Å². The first-order valence-electron chi connectivity index (χ1n) is 7.21. The SMILES string of the molecule is CC(Cl)c1nc2cc(F)ccc2n1C1CCCC1(C)C. The zero-order valence-electron chi connectivity index (χ0n) is 12.2. The van der Waals surface area contributed by atoms with E-state index in [0.717, 1.165) is 17.8 Å². The molecule has 0 N–H and O–H groups in total. The lowest BCUT2D eigenvalue weighted by atomic mass is 9.87. The summed E-state index contributed by atoms with van der Waals surface area (Å²) >= 11 is 6.31. The van der Waals surface area contributed by atoms with Gasteiger partial charge in [0.2, 0.25) is 0 Å². The first-order valence-corrected chi connectivity index (χ1v) is 7.65. The zero-order chi connectivity index (χ0) is 14.5. The van der Waals surface area contributed by atoms with E-state index in [-0.39, 0.29) is 16.6 Å². The van der Waals surface area contributed by atoms with Crippen molar-refractivity contribution in [3.63, 3.8) is 0 Å². The van der Waals surface area contributed by atoms with Crippen molar-refractivity contribution in [3.8, 4) is 0 Å². The summed E-state index contributed by atoms with van der Waals surface area (Å²) in [5.74, 6) is 0.605. The third kappa shape index (κ3) is 2.12. The van der Waals surface area contributed by atoms with Crippen LogP contribution in [-0.4, -0.2) is 9.55 Å². The molecule has 20 heavy (non-hydrogen) atoms. The minimum atomic E-state index is -0.249. The molecule has 1 aromatic heterocycles. The van der Waals surface area contributed by atoms with Gasteiger partial charge < -0.3 is 4.57 Å². The van der Waals surface area contributed by atoms with Gasteiger partial charge in [0.05, 0.1) is 16.4 Å². The molecular formula is C16H20ClFN2. The molecule has 0 radical (unpaired) electrons. The molecule has 2 nitrogen and oxygen atoms in total. The molecule has 1 aliphatic carbocycles. The van der Waals surface area contributed by atoms with Crippen LogP contribution in [0.1, 0.15) is 57.3 Å². The van der Waals surface area contributed by atoms with Crippen LogP contribution in [-0.2, 0) is 0 Å². The molecule has 0 bridgehead atoms. The number of benzene rings is 1. The molecule has 1 aromatic carbocycles. The number of hydrogen-bond acceptors (Lipinski definition) is 1. The quantitative estimate of drug-likeness (QED) is 0.694. The molecule has 3 rings (SSSR count). The Labute approximate surface area is 123 Å². The Morgan fingerprint density at radius 3 is 2.80 bits per heavy atom. The van der Waals surface area contributed by atoms with Crippen molar-refractivity contribution in [1.29, 1.82) is 0 Å². The number of halogens is 2. The summed E-state index contributed by atoms with van der Waals surface area (Å²) in [6.07, 6.45) is 3.55. The van der Waals surface area contributed by atoms with Crippen LogP contribution in [0.25, 0.3) is 11.0 Å². The number of rotatable bonds is 2. The van der Waals surface area contributed by atoms with Gasteiger partial charge in [0.25, 0.3) is 0 Å². The van der Waals surface area contributed by atoms with E-state index in [0.29, 0.717) is 11.6 Å². The molecule has 2 atom stereocenters. The average molecular weight is 295 g/mol. The molecule has 0 spiro atoms. The van der Waals surface area contributed by atoms with Gasteiger partial charge in [-0.3, -0.25) is 0 Å².